The molecule has 0 aliphatic heterocycles. The summed E-state index contributed by atoms with van der Waals surface area (Å²) in [6.07, 6.45) is 0. The van der Waals surface area contributed by atoms with Crippen molar-refractivity contribution in [2.24, 2.45) is 0 Å². The molecule has 0 aliphatic rings. The van der Waals surface area contributed by atoms with Gasteiger partial charge in [0.1, 0.15) is 11.4 Å². The number of carbonyl (C=O) groups excluding carboxylic acids is 1. The molecule has 1 atom stereocenters. The van der Waals surface area contributed by atoms with Crippen LogP contribution in [0.3, 0.4) is 0 Å². The number of nitrogens with one attached hydrogen (secondary N) is 2. The van der Waals surface area contributed by atoms with Crippen LogP contribution in [0.15, 0.2) is 53.0 Å². The SMILES string of the molecule is CCOc1ccc(C(C)NC(=O)c2[nH]c3ccccc3c2Br)cc1. The smallest absolute Gasteiger partial charge is 0.269 e. The van der Waals surface area contributed by atoms with Gasteiger partial charge in [0.05, 0.1) is 17.1 Å². The van der Waals surface area contributed by atoms with E-state index in [1.807, 2.05) is 62.4 Å². The second-order valence-corrected chi connectivity index (χ2v) is 6.35. The molecule has 0 radical (unpaired) electrons. The molecule has 3 rings (SSSR count). The van der Waals surface area contributed by atoms with Crippen molar-refractivity contribution >= 4 is 32.7 Å². The number of aromatic nitrogens is 1. The number of halogens is 1. The highest BCUT2D eigenvalue weighted by molar-refractivity contribution is 9.10. The van der Waals surface area contributed by atoms with Crippen LogP contribution in [0.1, 0.15) is 35.9 Å². The molecular formula is C19H19BrN2O2. The van der Waals surface area contributed by atoms with Gasteiger partial charge < -0.3 is 15.0 Å². The fourth-order valence-electron chi connectivity index (χ4n) is 2.64. The molecule has 124 valence electrons. The van der Waals surface area contributed by atoms with Crippen LogP contribution in [-0.2, 0) is 0 Å². The maximum absolute atomic E-state index is 12.6. The lowest BCUT2D eigenvalue weighted by atomic mass is 10.1. The zero-order valence-corrected chi connectivity index (χ0v) is 15.2. The van der Waals surface area contributed by atoms with Crippen LogP contribution in [-0.4, -0.2) is 17.5 Å². The minimum Gasteiger partial charge on any atom is -0.494 e. The van der Waals surface area contributed by atoms with E-state index >= 15 is 0 Å². The molecule has 0 fully saturated rings. The molecule has 4 nitrogen and oxygen atoms in total. The van der Waals surface area contributed by atoms with Gasteiger partial charge in [0.2, 0.25) is 0 Å². The quantitative estimate of drug-likeness (QED) is 0.660. The molecule has 1 heterocycles. The summed E-state index contributed by atoms with van der Waals surface area (Å²) >= 11 is 3.52. The number of benzene rings is 2. The first-order chi connectivity index (χ1) is 11.6. The van der Waals surface area contributed by atoms with Gasteiger partial charge in [-0.3, -0.25) is 4.79 Å². The highest BCUT2D eigenvalue weighted by Crippen LogP contribution is 2.28. The van der Waals surface area contributed by atoms with E-state index in [1.54, 1.807) is 0 Å². The van der Waals surface area contributed by atoms with Crippen LogP contribution in [0.2, 0.25) is 0 Å². The molecule has 3 aromatic rings. The first kappa shape index (κ1) is 16.6. The van der Waals surface area contributed by atoms with E-state index < -0.39 is 0 Å². The topological polar surface area (TPSA) is 54.1 Å². The lowest BCUT2D eigenvalue weighted by molar-refractivity contribution is 0.0935. The minimum absolute atomic E-state index is 0.105. The van der Waals surface area contributed by atoms with E-state index in [1.165, 1.54) is 0 Å². The second-order valence-electron chi connectivity index (χ2n) is 5.56. The molecule has 2 N–H and O–H groups in total. The zero-order valence-electron chi connectivity index (χ0n) is 13.6. The van der Waals surface area contributed by atoms with Crippen molar-refractivity contribution in [3.63, 3.8) is 0 Å². The third kappa shape index (κ3) is 3.31. The summed E-state index contributed by atoms with van der Waals surface area (Å²) in [5.74, 6) is 0.692. The average Bonchev–Trinajstić information content (AvgIpc) is 2.93. The number of hydrogen-bond donors (Lipinski definition) is 2. The fourth-order valence-corrected chi connectivity index (χ4v) is 3.26. The predicted octanol–water partition coefficient (Wildman–Crippen LogP) is 4.82. The van der Waals surface area contributed by atoms with Crippen molar-refractivity contribution in [3.8, 4) is 5.75 Å². The summed E-state index contributed by atoms with van der Waals surface area (Å²) in [6.45, 7) is 4.55. The maximum atomic E-state index is 12.6. The summed E-state index contributed by atoms with van der Waals surface area (Å²) in [5.41, 5.74) is 2.50. The summed E-state index contributed by atoms with van der Waals surface area (Å²) in [7, 11) is 0. The number of ether oxygens (including phenoxy) is 1. The molecule has 2 aromatic carbocycles. The fraction of sp³-hybridized carbons (Fsp3) is 0.211. The zero-order chi connectivity index (χ0) is 17.1. The van der Waals surface area contributed by atoms with E-state index in [2.05, 4.69) is 26.2 Å². The number of hydrogen-bond acceptors (Lipinski definition) is 2. The van der Waals surface area contributed by atoms with E-state index in [9.17, 15) is 4.79 Å². The summed E-state index contributed by atoms with van der Waals surface area (Å²) < 4.78 is 6.23. The third-order valence-electron chi connectivity index (χ3n) is 3.91. The lowest BCUT2D eigenvalue weighted by Crippen LogP contribution is -2.27. The molecule has 24 heavy (non-hydrogen) atoms. The van der Waals surface area contributed by atoms with Gasteiger partial charge in [-0.2, -0.15) is 0 Å². The second kappa shape index (κ2) is 7.09. The van der Waals surface area contributed by atoms with E-state index in [4.69, 9.17) is 4.74 Å². The number of aromatic amines is 1. The number of para-hydroxylation sites is 1. The minimum atomic E-state index is -0.139. The van der Waals surface area contributed by atoms with Crippen molar-refractivity contribution in [1.29, 1.82) is 0 Å². The molecule has 0 bridgehead atoms. The van der Waals surface area contributed by atoms with Crippen LogP contribution in [0, 0.1) is 0 Å². The Morgan fingerprint density at radius 2 is 1.92 bits per heavy atom. The Labute approximate surface area is 149 Å². The lowest BCUT2D eigenvalue weighted by Gasteiger charge is -2.14. The molecule has 1 amide bonds. The first-order valence-corrected chi connectivity index (χ1v) is 8.69. The first-order valence-electron chi connectivity index (χ1n) is 7.90. The van der Waals surface area contributed by atoms with Gasteiger partial charge in [-0.25, -0.2) is 0 Å². The third-order valence-corrected chi connectivity index (χ3v) is 4.73. The normalized spacial score (nSPS) is 12.1. The molecule has 0 saturated carbocycles. The number of carbonyl (C=O) groups is 1. The molecule has 1 aromatic heterocycles. The van der Waals surface area contributed by atoms with Crippen LogP contribution in [0.25, 0.3) is 10.9 Å². The van der Waals surface area contributed by atoms with Gasteiger partial charge in [0.25, 0.3) is 5.91 Å². The number of rotatable bonds is 5. The molecule has 1 unspecified atom stereocenters. The Balaban J connectivity index is 1.76. The van der Waals surface area contributed by atoms with Gasteiger partial charge in [-0.15, -0.1) is 0 Å². The van der Waals surface area contributed by atoms with Crippen molar-refractivity contribution in [1.82, 2.24) is 10.3 Å². The molecule has 0 saturated heterocycles. The van der Waals surface area contributed by atoms with Crippen molar-refractivity contribution in [2.45, 2.75) is 19.9 Å². The van der Waals surface area contributed by atoms with Crippen LogP contribution in [0.5, 0.6) is 5.75 Å². The number of amides is 1. The average molecular weight is 387 g/mol. The Morgan fingerprint density at radius 1 is 1.21 bits per heavy atom. The summed E-state index contributed by atoms with van der Waals surface area (Å²) in [5, 5.41) is 4.02. The summed E-state index contributed by atoms with van der Waals surface area (Å²) in [6, 6.07) is 15.5. The van der Waals surface area contributed by atoms with Gasteiger partial charge in [0.15, 0.2) is 0 Å². The predicted molar refractivity (Wildman–Crippen MR) is 99.5 cm³/mol. The standard InChI is InChI=1S/C19H19BrN2O2/c1-3-24-14-10-8-13(9-11-14)12(2)21-19(23)18-17(20)15-6-4-5-7-16(15)22-18/h4-12,22H,3H2,1-2H3,(H,21,23). The Hall–Kier alpha value is -2.27. The highest BCUT2D eigenvalue weighted by Gasteiger charge is 2.18. The maximum Gasteiger partial charge on any atom is 0.269 e. The largest absolute Gasteiger partial charge is 0.494 e. The molecule has 5 heteroatoms. The number of fused-ring (bicyclic) bond motifs is 1. The van der Waals surface area contributed by atoms with E-state index in [0.717, 1.165) is 26.7 Å². The van der Waals surface area contributed by atoms with Crippen LogP contribution < -0.4 is 10.1 Å². The van der Waals surface area contributed by atoms with Gasteiger partial charge in [-0.05, 0) is 53.5 Å². The van der Waals surface area contributed by atoms with E-state index in [0.29, 0.717) is 12.3 Å². The van der Waals surface area contributed by atoms with Gasteiger partial charge >= 0.3 is 0 Å². The Bertz CT molecular complexity index is 855. The Kier molecular flexibility index (Phi) is 4.90. The van der Waals surface area contributed by atoms with Crippen molar-refractivity contribution in [2.75, 3.05) is 6.61 Å². The highest BCUT2D eigenvalue weighted by atomic mass is 79.9. The van der Waals surface area contributed by atoms with E-state index in [-0.39, 0.29) is 11.9 Å². The Morgan fingerprint density at radius 3 is 2.58 bits per heavy atom. The van der Waals surface area contributed by atoms with Gasteiger partial charge in [-0.1, -0.05) is 30.3 Å². The summed E-state index contributed by atoms with van der Waals surface area (Å²) in [4.78, 5) is 15.8. The van der Waals surface area contributed by atoms with Crippen molar-refractivity contribution in [3.05, 3.63) is 64.3 Å². The molecule has 0 aliphatic carbocycles. The van der Waals surface area contributed by atoms with Crippen molar-refractivity contribution < 1.29 is 9.53 Å². The molecule has 0 spiro atoms. The van der Waals surface area contributed by atoms with Crippen LogP contribution >= 0.6 is 15.9 Å². The van der Waals surface area contributed by atoms with Gasteiger partial charge in [0, 0.05) is 10.9 Å². The molecular weight excluding hydrogens is 368 g/mol. The number of H-pyrrole nitrogens is 1. The van der Waals surface area contributed by atoms with Crippen LogP contribution in [0.4, 0.5) is 0 Å². The monoisotopic (exact) mass is 386 g/mol.